The first kappa shape index (κ1) is 38.5. The highest BCUT2D eigenvalue weighted by Crippen LogP contribution is 2.37. The van der Waals surface area contributed by atoms with Gasteiger partial charge in [0.15, 0.2) is 17.6 Å². The normalized spacial score (nSPS) is 17.6. The second kappa shape index (κ2) is 14.9. The number of fused-ring (bicyclic) bond motifs is 1. The fourth-order valence-corrected chi connectivity index (χ4v) is 6.29. The molecule has 2 N–H and O–H groups in total. The van der Waals surface area contributed by atoms with E-state index in [9.17, 15) is 40.3 Å². The Bertz CT molecular complexity index is 2200. The predicted molar refractivity (Wildman–Crippen MR) is 185 cm³/mol. The molecule has 0 bridgehead atoms. The number of nitrogens with one attached hydrogen (secondary N) is 2. The minimum absolute atomic E-state index is 0.0216. The Kier molecular flexibility index (Phi) is 10.4. The zero-order chi connectivity index (χ0) is 39.7. The van der Waals surface area contributed by atoms with E-state index in [0.717, 1.165) is 35.3 Å². The Morgan fingerprint density at radius 3 is 2.51 bits per heavy atom. The maximum atomic E-state index is 14.3. The van der Waals surface area contributed by atoms with Crippen molar-refractivity contribution in [3.05, 3.63) is 125 Å². The molecule has 1 aromatic carbocycles. The molecule has 0 aliphatic carbocycles. The second-order valence-corrected chi connectivity index (χ2v) is 12.8. The van der Waals surface area contributed by atoms with Crippen molar-refractivity contribution in [1.29, 1.82) is 5.41 Å². The van der Waals surface area contributed by atoms with Gasteiger partial charge in [0.2, 0.25) is 0 Å². The molecular formula is C37H32F7N9O2. The number of rotatable bonds is 11. The molecular weight excluding hydrogens is 735 g/mol. The van der Waals surface area contributed by atoms with Gasteiger partial charge >= 0.3 is 12.4 Å². The average molecular weight is 768 g/mol. The van der Waals surface area contributed by atoms with Crippen LogP contribution in [-0.2, 0) is 30.6 Å². The van der Waals surface area contributed by atoms with Crippen LogP contribution < -0.4 is 5.32 Å². The summed E-state index contributed by atoms with van der Waals surface area (Å²) in [5, 5.41) is 15.2. The van der Waals surface area contributed by atoms with Crippen molar-refractivity contribution in [2.45, 2.75) is 63.7 Å². The number of allylic oxidation sites excluding steroid dienone is 3. The minimum atomic E-state index is -4.95. The van der Waals surface area contributed by atoms with Crippen molar-refractivity contribution in [3.8, 4) is 17.2 Å². The zero-order valence-electron chi connectivity index (χ0n) is 29.0. The van der Waals surface area contributed by atoms with Gasteiger partial charge in [-0.25, -0.2) is 24.0 Å². The third-order valence-electron chi connectivity index (χ3n) is 9.14. The molecule has 0 saturated carbocycles. The monoisotopic (exact) mass is 767 g/mol. The molecule has 18 heteroatoms. The number of carbonyl (C=O) groups is 2. The second-order valence-electron chi connectivity index (χ2n) is 12.8. The van der Waals surface area contributed by atoms with Gasteiger partial charge in [-0.05, 0) is 67.3 Å². The Hall–Kier alpha value is -6.20. The van der Waals surface area contributed by atoms with Gasteiger partial charge in [0.1, 0.15) is 11.4 Å². The number of alkyl halides is 6. The van der Waals surface area contributed by atoms with E-state index >= 15 is 0 Å². The maximum Gasteiger partial charge on any atom is 0.417 e. The number of carbonyl (C=O) groups excluding carboxylic acids is 2. The minimum Gasteiger partial charge on any atom is -0.338 e. The molecule has 1 fully saturated rings. The van der Waals surface area contributed by atoms with E-state index in [-0.39, 0.29) is 30.1 Å². The van der Waals surface area contributed by atoms with E-state index < -0.39 is 78.4 Å². The summed E-state index contributed by atoms with van der Waals surface area (Å²) in [7, 11) is 0. The number of pyridine rings is 1. The first-order chi connectivity index (χ1) is 26.0. The third kappa shape index (κ3) is 8.17. The molecule has 55 heavy (non-hydrogen) atoms. The van der Waals surface area contributed by atoms with Crippen molar-refractivity contribution in [1.82, 2.24) is 39.8 Å². The molecule has 0 radical (unpaired) electrons. The Balaban J connectivity index is 1.24. The van der Waals surface area contributed by atoms with Crippen molar-refractivity contribution >= 4 is 17.8 Å². The lowest BCUT2D eigenvalue weighted by atomic mass is 9.84. The summed E-state index contributed by atoms with van der Waals surface area (Å²) in [6.07, 6.45) is -2.26. The number of hydrogen-bond donors (Lipinski definition) is 2. The van der Waals surface area contributed by atoms with E-state index in [1.54, 1.807) is 41.5 Å². The largest absolute Gasteiger partial charge is 0.417 e. The SMILES string of the molecule is C=C(/C=C\C(F)=C/C)[C@@]1(CCCC(F)(F)F)NC(=N)N(Cc2ccc(C(F)(F)F)c(C(=O)N3Cc4cnc(-c5ccc(-n6cccn6)nc5)nc4C3)c2)C1=O. The molecule has 1 atom stereocenters. The number of benzene rings is 1. The van der Waals surface area contributed by atoms with Crippen molar-refractivity contribution in [2.24, 2.45) is 0 Å². The smallest absolute Gasteiger partial charge is 0.338 e. The molecule has 5 heterocycles. The number of guanidine groups is 1. The Morgan fingerprint density at radius 2 is 1.85 bits per heavy atom. The van der Waals surface area contributed by atoms with Crippen LogP contribution in [-0.4, -0.2) is 64.0 Å². The van der Waals surface area contributed by atoms with E-state index in [1.165, 1.54) is 18.0 Å². The van der Waals surface area contributed by atoms with Crippen LogP contribution in [0.4, 0.5) is 30.7 Å². The molecule has 1 saturated heterocycles. The summed E-state index contributed by atoms with van der Waals surface area (Å²) < 4.78 is 97.5. The van der Waals surface area contributed by atoms with Gasteiger partial charge in [-0.15, -0.1) is 0 Å². The van der Waals surface area contributed by atoms with Gasteiger partial charge in [0, 0.05) is 48.9 Å². The van der Waals surface area contributed by atoms with Crippen LogP contribution in [0.15, 0.2) is 97.4 Å². The summed E-state index contributed by atoms with van der Waals surface area (Å²) >= 11 is 0. The van der Waals surface area contributed by atoms with Gasteiger partial charge in [0.05, 0.1) is 29.9 Å². The van der Waals surface area contributed by atoms with Gasteiger partial charge in [-0.3, -0.25) is 19.9 Å². The van der Waals surface area contributed by atoms with E-state index in [2.05, 4.69) is 31.9 Å². The van der Waals surface area contributed by atoms with Crippen LogP contribution in [0.2, 0.25) is 0 Å². The highest BCUT2D eigenvalue weighted by Gasteiger charge is 2.51. The number of hydrogen-bond acceptors (Lipinski definition) is 7. The fourth-order valence-electron chi connectivity index (χ4n) is 6.29. The number of halogens is 7. The van der Waals surface area contributed by atoms with Crippen LogP contribution in [0.5, 0.6) is 0 Å². The molecule has 4 aromatic rings. The zero-order valence-corrected chi connectivity index (χ0v) is 29.0. The van der Waals surface area contributed by atoms with Crippen LogP contribution in [0.1, 0.15) is 58.9 Å². The highest BCUT2D eigenvalue weighted by molar-refractivity contribution is 6.10. The molecule has 286 valence electrons. The predicted octanol–water partition coefficient (Wildman–Crippen LogP) is 7.22. The quantitative estimate of drug-likeness (QED) is 0.122. The molecule has 2 amide bonds. The standard InChI is InChI=1S/C37H32F7N9O2/c1-3-26(38)9-6-22(2)35(12-4-13-36(39,40)41)33(55)52(34(45)50-35)19-23-7-10-28(37(42,43)44)27(16-23)32(54)51-20-25-18-47-31(49-29(25)21-51)24-8-11-30(46-17-24)53-15-5-14-48-53/h3,5-11,14-18H,2,4,12-13,19-21H2,1H3,(H2,45,50)/b9-6-,26-3+/t35-/m1/s1. The van der Waals surface area contributed by atoms with Crippen LogP contribution in [0.3, 0.4) is 0 Å². The van der Waals surface area contributed by atoms with E-state index in [4.69, 9.17) is 5.41 Å². The maximum absolute atomic E-state index is 14.3. The first-order valence-corrected chi connectivity index (χ1v) is 16.7. The molecule has 2 aliphatic rings. The van der Waals surface area contributed by atoms with Gasteiger partial charge in [0.25, 0.3) is 11.8 Å². The number of amides is 2. The number of aromatic nitrogens is 5. The Morgan fingerprint density at radius 1 is 1.07 bits per heavy atom. The summed E-state index contributed by atoms with van der Waals surface area (Å²) in [6.45, 7) is 4.43. The van der Waals surface area contributed by atoms with E-state index in [0.29, 0.717) is 28.7 Å². The van der Waals surface area contributed by atoms with Crippen LogP contribution >= 0.6 is 0 Å². The lowest BCUT2D eigenvalue weighted by Gasteiger charge is -2.28. The lowest BCUT2D eigenvalue weighted by Crippen LogP contribution is -2.48. The molecule has 3 aromatic heterocycles. The average Bonchev–Trinajstić information content (AvgIpc) is 3.89. The molecule has 0 unspecified atom stereocenters. The summed E-state index contributed by atoms with van der Waals surface area (Å²) in [5.41, 5.74) is -2.54. The summed E-state index contributed by atoms with van der Waals surface area (Å²) in [6, 6.07) is 7.89. The van der Waals surface area contributed by atoms with Crippen LogP contribution in [0, 0.1) is 5.41 Å². The van der Waals surface area contributed by atoms with Crippen molar-refractivity contribution in [2.75, 3.05) is 0 Å². The van der Waals surface area contributed by atoms with Gasteiger partial charge in [-0.1, -0.05) is 24.8 Å². The molecule has 2 aliphatic heterocycles. The topological polar surface area (TPSA) is 133 Å². The van der Waals surface area contributed by atoms with Gasteiger partial charge < -0.3 is 10.2 Å². The third-order valence-corrected chi connectivity index (χ3v) is 9.14. The lowest BCUT2D eigenvalue weighted by molar-refractivity contribution is -0.139. The molecule has 0 spiro atoms. The molecule has 11 nitrogen and oxygen atoms in total. The first-order valence-electron chi connectivity index (χ1n) is 16.7. The summed E-state index contributed by atoms with van der Waals surface area (Å²) in [5.74, 6) is -2.34. The van der Waals surface area contributed by atoms with Crippen molar-refractivity contribution < 1.29 is 40.3 Å². The van der Waals surface area contributed by atoms with Gasteiger partial charge in [-0.2, -0.15) is 31.4 Å². The van der Waals surface area contributed by atoms with E-state index in [1.807, 2.05) is 0 Å². The van der Waals surface area contributed by atoms with Crippen molar-refractivity contribution in [3.63, 3.8) is 0 Å². The fraction of sp³-hybridized carbons (Fsp3) is 0.270. The van der Waals surface area contributed by atoms with Crippen LogP contribution in [0.25, 0.3) is 17.2 Å². The molecule has 6 rings (SSSR count). The number of nitrogens with zero attached hydrogens (tertiary/aromatic N) is 7. The highest BCUT2D eigenvalue weighted by atomic mass is 19.4. The Labute approximate surface area is 309 Å². The summed E-state index contributed by atoms with van der Waals surface area (Å²) in [4.78, 5) is 43.0.